The summed E-state index contributed by atoms with van der Waals surface area (Å²) >= 11 is 0. The smallest absolute Gasteiger partial charge is 0.243 e. The second kappa shape index (κ2) is 13.0. The van der Waals surface area contributed by atoms with Crippen molar-refractivity contribution in [1.82, 2.24) is 10.2 Å². The third-order valence-corrected chi connectivity index (χ3v) is 5.40. The Morgan fingerprint density at radius 2 is 1.57 bits per heavy atom. The van der Waals surface area contributed by atoms with E-state index in [1.54, 1.807) is 4.90 Å². The molecule has 0 atom stereocenters. The van der Waals surface area contributed by atoms with Crippen LogP contribution in [0.25, 0.3) is 0 Å². The van der Waals surface area contributed by atoms with Gasteiger partial charge >= 0.3 is 0 Å². The molecule has 1 aromatic carbocycles. The Hall–Kier alpha value is -2.37. The number of hydrogen-bond acceptors (Lipinski definition) is 3. The number of carbonyl (C=O) groups excluding carboxylic acids is 3. The van der Waals surface area contributed by atoms with Crippen LogP contribution < -0.4 is 10.6 Å². The Kier molecular flexibility index (Phi) is 10.4. The van der Waals surface area contributed by atoms with Crippen molar-refractivity contribution in [2.45, 2.75) is 84.1 Å². The van der Waals surface area contributed by atoms with Crippen LogP contribution in [-0.4, -0.2) is 41.8 Å². The summed E-state index contributed by atoms with van der Waals surface area (Å²) in [4.78, 5) is 38.6. The summed E-state index contributed by atoms with van der Waals surface area (Å²) < 4.78 is 0. The number of unbranched alkanes of at least 4 members (excludes halogenated alkanes) is 6. The molecule has 0 saturated heterocycles. The summed E-state index contributed by atoms with van der Waals surface area (Å²) in [6.45, 7) is 4.12. The summed E-state index contributed by atoms with van der Waals surface area (Å²) in [5.41, 5.74) is 1.81. The lowest BCUT2D eigenvalue weighted by Crippen LogP contribution is -2.43. The van der Waals surface area contributed by atoms with E-state index in [1.807, 2.05) is 31.2 Å². The molecule has 2 N–H and O–H groups in total. The van der Waals surface area contributed by atoms with Gasteiger partial charge in [-0.2, -0.15) is 0 Å². The standard InChI is InChI=1S/C24H37N3O3/c1-3-4-5-6-7-8-9-10-24(30)27(21-15-16-21)18-23(29)25-17-22(28)26-20-13-11-19(2)12-14-20/h11-14,21H,3-10,15-18H2,1-2H3,(H,25,29)(H,26,28). The van der Waals surface area contributed by atoms with Crippen molar-refractivity contribution in [1.29, 1.82) is 0 Å². The van der Waals surface area contributed by atoms with Gasteiger partial charge in [0.2, 0.25) is 17.7 Å². The monoisotopic (exact) mass is 415 g/mol. The highest BCUT2D eigenvalue weighted by molar-refractivity contribution is 5.95. The van der Waals surface area contributed by atoms with Crippen LogP contribution in [0.3, 0.4) is 0 Å². The average molecular weight is 416 g/mol. The van der Waals surface area contributed by atoms with Gasteiger partial charge in [0.05, 0.1) is 13.1 Å². The molecule has 1 aromatic rings. The summed E-state index contributed by atoms with van der Waals surface area (Å²) in [7, 11) is 0. The fourth-order valence-electron chi connectivity index (χ4n) is 3.42. The molecule has 6 nitrogen and oxygen atoms in total. The van der Waals surface area contributed by atoms with E-state index in [1.165, 1.54) is 32.1 Å². The van der Waals surface area contributed by atoms with Crippen LogP contribution in [-0.2, 0) is 14.4 Å². The molecule has 1 aliphatic carbocycles. The van der Waals surface area contributed by atoms with E-state index in [9.17, 15) is 14.4 Å². The summed E-state index contributed by atoms with van der Waals surface area (Å²) in [5, 5.41) is 5.39. The Labute approximate surface area is 180 Å². The number of nitrogens with one attached hydrogen (secondary N) is 2. The number of rotatable bonds is 14. The van der Waals surface area contributed by atoms with E-state index >= 15 is 0 Å². The number of benzene rings is 1. The van der Waals surface area contributed by atoms with Crippen LogP contribution in [0.2, 0.25) is 0 Å². The summed E-state index contributed by atoms with van der Waals surface area (Å²) in [6, 6.07) is 7.67. The fraction of sp³-hybridized carbons (Fsp3) is 0.625. The Morgan fingerprint density at radius 1 is 0.933 bits per heavy atom. The Bertz CT molecular complexity index is 683. The van der Waals surface area contributed by atoms with Gasteiger partial charge in [-0.25, -0.2) is 0 Å². The first-order valence-electron chi connectivity index (χ1n) is 11.4. The number of carbonyl (C=O) groups is 3. The molecule has 0 heterocycles. The van der Waals surface area contributed by atoms with Gasteiger partial charge < -0.3 is 15.5 Å². The number of aryl methyl sites for hydroxylation is 1. The first-order valence-corrected chi connectivity index (χ1v) is 11.4. The number of nitrogens with zero attached hydrogens (tertiary/aromatic N) is 1. The molecule has 0 unspecified atom stereocenters. The third-order valence-electron chi connectivity index (χ3n) is 5.40. The zero-order valence-electron chi connectivity index (χ0n) is 18.5. The molecule has 0 radical (unpaired) electrons. The van der Waals surface area contributed by atoms with Crippen LogP contribution >= 0.6 is 0 Å². The molecule has 0 spiro atoms. The maximum atomic E-state index is 12.6. The van der Waals surface area contributed by atoms with Gasteiger partial charge in [-0.05, 0) is 38.3 Å². The molecule has 166 valence electrons. The molecule has 1 fully saturated rings. The molecule has 0 aliphatic heterocycles. The maximum absolute atomic E-state index is 12.6. The normalized spacial score (nSPS) is 13.0. The molecule has 6 heteroatoms. The van der Waals surface area contributed by atoms with Crippen LogP contribution in [0.4, 0.5) is 5.69 Å². The highest BCUT2D eigenvalue weighted by Gasteiger charge is 2.33. The van der Waals surface area contributed by atoms with E-state index in [2.05, 4.69) is 17.6 Å². The van der Waals surface area contributed by atoms with Crippen molar-refractivity contribution >= 4 is 23.4 Å². The van der Waals surface area contributed by atoms with Gasteiger partial charge in [-0.1, -0.05) is 63.1 Å². The van der Waals surface area contributed by atoms with Crippen LogP contribution in [0.1, 0.15) is 76.7 Å². The first kappa shape index (κ1) is 23.9. The van der Waals surface area contributed by atoms with Crippen LogP contribution in [0, 0.1) is 6.92 Å². The minimum atomic E-state index is -0.283. The molecule has 0 bridgehead atoms. The molecule has 1 saturated carbocycles. The molecule has 1 aliphatic rings. The van der Waals surface area contributed by atoms with Crippen molar-refractivity contribution in [3.8, 4) is 0 Å². The minimum absolute atomic E-state index is 0.0395. The van der Waals surface area contributed by atoms with Crippen molar-refractivity contribution in [3.63, 3.8) is 0 Å². The zero-order valence-corrected chi connectivity index (χ0v) is 18.5. The van der Waals surface area contributed by atoms with Gasteiger partial charge in [0.25, 0.3) is 0 Å². The number of anilines is 1. The van der Waals surface area contributed by atoms with Crippen molar-refractivity contribution in [3.05, 3.63) is 29.8 Å². The van der Waals surface area contributed by atoms with Crippen LogP contribution in [0.15, 0.2) is 24.3 Å². The van der Waals surface area contributed by atoms with Crippen LogP contribution in [0.5, 0.6) is 0 Å². The van der Waals surface area contributed by atoms with E-state index in [0.717, 1.165) is 31.2 Å². The Balaban J connectivity index is 1.66. The van der Waals surface area contributed by atoms with Crippen molar-refractivity contribution < 1.29 is 14.4 Å². The lowest BCUT2D eigenvalue weighted by molar-refractivity contribution is -0.136. The number of amides is 3. The second-order valence-corrected chi connectivity index (χ2v) is 8.32. The van der Waals surface area contributed by atoms with Gasteiger partial charge in [-0.15, -0.1) is 0 Å². The predicted octanol–water partition coefficient (Wildman–Crippen LogP) is 4.18. The van der Waals surface area contributed by atoms with Gasteiger partial charge in [0, 0.05) is 18.2 Å². The molecule has 2 rings (SSSR count). The van der Waals surface area contributed by atoms with Crippen molar-refractivity contribution in [2.75, 3.05) is 18.4 Å². The Morgan fingerprint density at radius 3 is 2.20 bits per heavy atom. The van der Waals surface area contributed by atoms with E-state index in [-0.39, 0.29) is 36.9 Å². The second-order valence-electron chi connectivity index (χ2n) is 8.32. The van der Waals surface area contributed by atoms with Gasteiger partial charge in [0.15, 0.2) is 0 Å². The topological polar surface area (TPSA) is 78.5 Å². The highest BCUT2D eigenvalue weighted by Crippen LogP contribution is 2.27. The third kappa shape index (κ3) is 9.42. The van der Waals surface area contributed by atoms with Gasteiger partial charge in [-0.3, -0.25) is 14.4 Å². The maximum Gasteiger partial charge on any atom is 0.243 e. The predicted molar refractivity (Wildman–Crippen MR) is 120 cm³/mol. The molecular weight excluding hydrogens is 378 g/mol. The number of hydrogen-bond donors (Lipinski definition) is 2. The van der Waals surface area contributed by atoms with E-state index < -0.39 is 0 Å². The average Bonchev–Trinajstić information content (AvgIpc) is 3.56. The highest BCUT2D eigenvalue weighted by atomic mass is 16.2. The molecular formula is C24H37N3O3. The largest absolute Gasteiger partial charge is 0.345 e. The zero-order chi connectivity index (χ0) is 21.8. The lowest BCUT2D eigenvalue weighted by Gasteiger charge is -2.22. The quantitative estimate of drug-likeness (QED) is 0.447. The van der Waals surface area contributed by atoms with Gasteiger partial charge in [0.1, 0.15) is 0 Å². The lowest BCUT2D eigenvalue weighted by atomic mass is 10.1. The van der Waals surface area contributed by atoms with Crippen molar-refractivity contribution in [2.24, 2.45) is 0 Å². The SMILES string of the molecule is CCCCCCCCCC(=O)N(CC(=O)NCC(=O)Nc1ccc(C)cc1)C1CC1. The summed E-state index contributed by atoms with van der Waals surface area (Å²) in [6.07, 6.45) is 10.6. The molecule has 30 heavy (non-hydrogen) atoms. The molecule has 3 amide bonds. The van der Waals surface area contributed by atoms with E-state index in [4.69, 9.17) is 0 Å². The van der Waals surface area contributed by atoms with E-state index in [0.29, 0.717) is 12.1 Å². The minimum Gasteiger partial charge on any atom is -0.345 e. The summed E-state index contributed by atoms with van der Waals surface area (Å²) in [5.74, 6) is -0.501. The molecule has 0 aromatic heterocycles. The first-order chi connectivity index (χ1) is 14.5. The fourth-order valence-corrected chi connectivity index (χ4v) is 3.42.